The molecule has 0 bridgehead atoms. The van der Waals surface area contributed by atoms with Crippen molar-refractivity contribution in [3.8, 4) is 11.1 Å². The Bertz CT molecular complexity index is 980. The lowest BCUT2D eigenvalue weighted by Gasteiger charge is -2.30. The first-order valence-corrected chi connectivity index (χ1v) is 12.9. The largest absolute Gasteiger partial charge is 0.481 e. The number of amides is 2. The summed E-state index contributed by atoms with van der Waals surface area (Å²) in [7, 11) is 0. The van der Waals surface area contributed by atoms with Crippen molar-refractivity contribution >= 4 is 29.7 Å². The van der Waals surface area contributed by atoms with E-state index in [2.05, 4.69) is 29.6 Å². The molecular weight excluding hydrogens is 452 g/mol. The minimum atomic E-state index is -0.969. The number of thioether (sulfide) groups is 1. The number of nitrogens with zero attached hydrogens (tertiary/aromatic N) is 1. The second-order valence-electron chi connectivity index (χ2n) is 8.57. The Morgan fingerprint density at radius 1 is 1.06 bits per heavy atom. The van der Waals surface area contributed by atoms with Crippen LogP contribution in [0.15, 0.2) is 48.5 Å². The lowest BCUT2D eigenvalue weighted by atomic mass is 9.98. The number of fused-ring (bicyclic) bond motifs is 3. The van der Waals surface area contributed by atoms with Crippen LogP contribution in [-0.2, 0) is 14.3 Å². The molecule has 0 heterocycles. The fourth-order valence-corrected chi connectivity index (χ4v) is 4.79. The van der Waals surface area contributed by atoms with E-state index in [-0.39, 0.29) is 37.4 Å². The average molecular weight is 485 g/mol. The Labute approximate surface area is 204 Å². The van der Waals surface area contributed by atoms with E-state index in [1.165, 1.54) is 4.90 Å². The number of hydrogen-bond donors (Lipinski definition) is 2. The van der Waals surface area contributed by atoms with E-state index in [9.17, 15) is 14.4 Å². The third kappa shape index (κ3) is 6.11. The standard InChI is InChI=1S/C26H32N2O5S/c1-17(2)28(14-12-24(29)30)25(31)23(13-15-34-3)27-26(32)33-16-22-20-10-6-4-8-18(20)19-9-5-7-11-21(19)22/h4-11,17,22-23H,12-16H2,1-3H3,(H,27,32)(H,29,30)/t23-/m0/s1. The van der Waals surface area contributed by atoms with Gasteiger partial charge >= 0.3 is 12.1 Å². The smallest absolute Gasteiger partial charge is 0.407 e. The lowest BCUT2D eigenvalue weighted by molar-refractivity contribution is -0.139. The Balaban J connectivity index is 1.68. The van der Waals surface area contributed by atoms with Gasteiger partial charge in [0.15, 0.2) is 0 Å². The van der Waals surface area contributed by atoms with Gasteiger partial charge in [-0.2, -0.15) is 11.8 Å². The van der Waals surface area contributed by atoms with Crippen molar-refractivity contribution in [2.75, 3.05) is 25.2 Å². The second kappa shape index (κ2) is 11.9. The zero-order valence-corrected chi connectivity index (χ0v) is 20.6. The number of ether oxygens (including phenoxy) is 1. The highest BCUT2D eigenvalue weighted by atomic mass is 32.2. The minimum absolute atomic E-state index is 0.0683. The SMILES string of the molecule is CSCC[C@H](NC(=O)OCC1c2ccccc2-c2ccccc21)C(=O)N(CCC(=O)O)C(C)C. The zero-order chi connectivity index (χ0) is 24.7. The van der Waals surface area contributed by atoms with Crippen molar-refractivity contribution in [2.24, 2.45) is 0 Å². The molecule has 34 heavy (non-hydrogen) atoms. The number of carboxylic acid groups (broad SMARTS) is 1. The summed E-state index contributed by atoms with van der Waals surface area (Å²) in [5.74, 6) is -0.658. The molecule has 2 aromatic rings. The van der Waals surface area contributed by atoms with Crippen LogP contribution in [0.2, 0.25) is 0 Å². The third-order valence-corrected chi connectivity index (χ3v) is 6.66. The van der Waals surface area contributed by atoms with Gasteiger partial charge in [-0.05, 0) is 54.5 Å². The van der Waals surface area contributed by atoms with Crippen molar-refractivity contribution in [3.05, 3.63) is 59.7 Å². The molecule has 0 aliphatic heterocycles. The molecule has 1 aliphatic carbocycles. The van der Waals surface area contributed by atoms with Gasteiger partial charge in [0.05, 0.1) is 6.42 Å². The van der Waals surface area contributed by atoms with Gasteiger partial charge in [0, 0.05) is 18.5 Å². The van der Waals surface area contributed by atoms with Gasteiger partial charge in [-0.25, -0.2) is 4.79 Å². The molecule has 2 N–H and O–H groups in total. The molecule has 8 heteroatoms. The van der Waals surface area contributed by atoms with Crippen LogP contribution < -0.4 is 5.32 Å². The van der Waals surface area contributed by atoms with Crippen LogP contribution in [0.3, 0.4) is 0 Å². The minimum Gasteiger partial charge on any atom is -0.481 e. The average Bonchev–Trinajstić information content (AvgIpc) is 3.13. The quantitative estimate of drug-likeness (QED) is 0.492. The number of carbonyl (C=O) groups is 3. The van der Waals surface area contributed by atoms with Crippen LogP contribution in [0.1, 0.15) is 43.7 Å². The number of alkyl carbamates (subject to hydrolysis) is 1. The number of rotatable bonds is 11. The number of benzene rings is 2. The number of nitrogens with one attached hydrogen (secondary N) is 1. The maximum Gasteiger partial charge on any atom is 0.407 e. The summed E-state index contributed by atoms with van der Waals surface area (Å²) in [6, 6.07) is 15.2. The zero-order valence-electron chi connectivity index (χ0n) is 19.8. The van der Waals surface area contributed by atoms with Crippen LogP contribution in [0.25, 0.3) is 11.1 Å². The summed E-state index contributed by atoms with van der Waals surface area (Å²) in [5, 5.41) is 11.8. The molecular formula is C26H32N2O5S. The molecule has 1 aliphatic rings. The summed E-state index contributed by atoms with van der Waals surface area (Å²) in [6.45, 7) is 3.92. The Kier molecular flexibility index (Phi) is 8.98. The normalized spacial score (nSPS) is 13.2. The first-order valence-electron chi connectivity index (χ1n) is 11.5. The fraction of sp³-hybridized carbons (Fsp3) is 0.423. The molecule has 1 atom stereocenters. The molecule has 0 saturated heterocycles. The number of aliphatic carboxylic acids is 1. The maximum absolute atomic E-state index is 13.2. The Morgan fingerprint density at radius 2 is 1.65 bits per heavy atom. The maximum atomic E-state index is 13.2. The van der Waals surface area contributed by atoms with Crippen LogP contribution >= 0.6 is 11.8 Å². The summed E-state index contributed by atoms with van der Waals surface area (Å²) in [5.41, 5.74) is 4.52. The molecule has 182 valence electrons. The van der Waals surface area contributed by atoms with Gasteiger partial charge in [0.2, 0.25) is 5.91 Å². The van der Waals surface area contributed by atoms with Crippen LogP contribution in [0.5, 0.6) is 0 Å². The number of hydrogen-bond acceptors (Lipinski definition) is 5. The molecule has 0 spiro atoms. The topological polar surface area (TPSA) is 95.9 Å². The van der Waals surface area contributed by atoms with E-state index in [1.54, 1.807) is 11.8 Å². The van der Waals surface area contributed by atoms with E-state index in [0.29, 0.717) is 12.2 Å². The summed E-state index contributed by atoms with van der Waals surface area (Å²) < 4.78 is 5.62. The summed E-state index contributed by atoms with van der Waals surface area (Å²) >= 11 is 1.57. The van der Waals surface area contributed by atoms with Crippen molar-refractivity contribution in [2.45, 2.75) is 44.7 Å². The van der Waals surface area contributed by atoms with E-state index >= 15 is 0 Å². The highest BCUT2D eigenvalue weighted by Gasteiger charge is 2.31. The lowest BCUT2D eigenvalue weighted by Crippen LogP contribution is -2.51. The monoisotopic (exact) mass is 484 g/mol. The third-order valence-electron chi connectivity index (χ3n) is 6.02. The second-order valence-corrected chi connectivity index (χ2v) is 9.56. The number of carboxylic acids is 1. The summed E-state index contributed by atoms with van der Waals surface area (Å²) in [4.78, 5) is 38.5. The Morgan fingerprint density at radius 3 is 2.18 bits per heavy atom. The van der Waals surface area contributed by atoms with Gasteiger partial charge < -0.3 is 20.1 Å². The van der Waals surface area contributed by atoms with Crippen molar-refractivity contribution in [1.82, 2.24) is 10.2 Å². The van der Waals surface area contributed by atoms with E-state index in [1.807, 2.05) is 44.4 Å². The van der Waals surface area contributed by atoms with Gasteiger partial charge in [0.1, 0.15) is 12.6 Å². The van der Waals surface area contributed by atoms with Crippen LogP contribution in [-0.4, -0.2) is 65.2 Å². The van der Waals surface area contributed by atoms with Gasteiger partial charge in [-0.15, -0.1) is 0 Å². The number of carbonyl (C=O) groups excluding carboxylic acids is 2. The molecule has 3 rings (SSSR count). The first-order chi connectivity index (χ1) is 16.3. The molecule has 2 aromatic carbocycles. The van der Waals surface area contributed by atoms with Gasteiger partial charge in [-0.1, -0.05) is 48.5 Å². The molecule has 0 saturated carbocycles. The predicted octanol–water partition coefficient (Wildman–Crippen LogP) is 4.36. The predicted molar refractivity (Wildman–Crippen MR) is 134 cm³/mol. The van der Waals surface area contributed by atoms with Crippen molar-refractivity contribution in [3.63, 3.8) is 0 Å². The molecule has 0 unspecified atom stereocenters. The highest BCUT2D eigenvalue weighted by Crippen LogP contribution is 2.44. The van der Waals surface area contributed by atoms with Crippen molar-refractivity contribution < 1.29 is 24.2 Å². The van der Waals surface area contributed by atoms with E-state index in [0.717, 1.165) is 22.3 Å². The van der Waals surface area contributed by atoms with Crippen LogP contribution in [0, 0.1) is 0 Å². The van der Waals surface area contributed by atoms with Crippen LogP contribution in [0.4, 0.5) is 4.79 Å². The van der Waals surface area contributed by atoms with Gasteiger partial charge in [0.25, 0.3) is 0 Å². The molecule has 0 fully saturated rings. The molecule has 2 amide bonds. The molecule has 7 nitrogen and oxygen atoms in total. The van der Waals surface area contributed by atoms with Crippen molar-refractivity contribution in [1.29, 1.82) is 0 Å². The molecule has 0 radical (unpaired) electrons. The highest BCUT2D eigenvalue weighted by molar-refractivity contribution is 7.98. The van der Waals surface area contributed by atoms with E-state index in [4.69, 9.17) is 9.84 Å². The fourth-order valence-electron chi connectivity index (χ4n) is 4.31. The first kappa shape index (κ1) is 25.6. The summed E-state index contributed by atoms with van der Waals surface area (Å²) in [6.07, 6.45) is 1.56. The van der Waals surface area contributed by atoms with E-state index < -0.39 is 18.1 Å². The van der Waals surface area contributed by atoms with Gasteiger partial charge in [-0.3, -0.25) is 9.59 Å². The molecule has 0 aromatic heterocycles. The Hall–Kier alpha value is -3.00.